The van der Waals surface area contributed by atoms with Crippen LogP contribution < -0.4 is 5.32 Å². The molecule has 2 rings (SSSR count). The highest BCUT2D eigenvalue weighted by atomic mass is 19.2. The Kier molecular flexibility index (Phi) is 3.85. The molecule has 0 bridgehead atoms. The van der Waals surface area contributed by atoms with Crippen LogP contribution in [0.3, 0.4) is 0 Å². The lowest BCUT2D eigenvalue weighted by Crippen LogP contribution is -2.35. The number of halogens is 3. The van der Waals surface area contributed by atoms with Gasteiger partial charge in [-0.2, -0.15) is 5.10 Å². The lowest BCUT2D eigenvalue weighted by molar-refractivity contribution is 0.420. The predicted molar refractivity (Wildman–Crippen MR) is 70.0 cm³/mol. The Morgan fingerprint density at radius 1 is 1.10 bits per heavy atom. The summed E-state index contributed by atoms with van der Waals surface area (Å²) in [6.07, 6.45) is 1.51. The van der Waals surface area contributed by atoms with Crippen LogP contribution >= 0.6 is 0 Å². The van der Waals surface area contributed by atoms with Gasteiger partial charge in [0.1, 0.15) is 5.69 Å². The van der Waals surface area contributed by atoms with Crippen LogP contribution in [0.5, 0.6) is 0 Å². The van der Waals surface area contributed by atoms with Crippen molar-refractivity contribution in [3.05, 3.63) is 47.5 Å². The second-order valence-corrected chi connectivity index (χ2v) is 5.55. The largest absolute Gasteiger partial charge is 0.306 e. The minimum Gasteiger partial charge on any atom is -0.306 e. The molecule has 0 spiro atoms. The molecule has 0 unspecified atom stereocenters. The third-order valence-corrected chi connectivity index (χ3v) is 2.71. The Bertz CT molecular complexity index is 615. The van der Waals surface area contributed by atoms with Crippen molar-refractivity contribution in [2.75, 3.05) is 0 Å². The molecule has 1 heterocycles. The maximum absolute atomic E-state index is 13.6. The van der Waals surface area contributed by atoms with Crippen LogP contribution in [0.15, 0.2) is 24.4 Å². The second-order valence-electron chi connectivity index (χ2n) is 5.55. The molecule has 0 saturated carbocycles. The number of aromatic nitrogens is 2. The van der Waals surface area contributed by atoms with Gasteiger partial charge in [0.2, 0.25) is 0 Å². The summed E-state index contributed by atoms with van der Waals surface area (Å²) in [5.41, 5.74) is 0.492. The molecule has 0 aliphatic heterocycles. The summed E-state index contributed by atoms with van der Waals surface area (Å²) in [6.45, 7) is 6.54. The Morgan fingerprint density at radius 2 is 1.80 bits per heavy atom. The fourth-order valence-electron chi connectivity index (χ4n) is 1.64. The standard InChI is InChI=1S/C14H16F3N3/c1-14(2,3)18-8-9-6-7-20(19-9)11-5-4-10(15)12(16)13(11)17/h4-7,18H,8H2,1-3H3. The summed E-state index contributed by atoms with van der Waals surface area (Å²) >= 11 is 0. The Labute approximate surface area is 115 Å². The van der Waals surface area contributed by atoms with Crippen molar-refractivity contribution in [2.24, 2.45) is 0 Å². The Hall–Kier alpha value is -1.82. The summed E-state index contributed by atoms with van der Waals surface area (Å²) in [4.78, 5) is 0. The zero-order chi connectivity index (χ0) is 14.9. The molecule has 1 aromatic heterocycles. The van der Waals surface area contributed by atoms with E-state index in [0.29, 0.717) is 12.2 Å². The molecule has 6 heteroatoms. The molecule has 2 aromatic rings. The van der Waals surface area contributed by atoms with E-state index in [0.717, 1.165) is 12.1 Å². The molecule has 0 saturated heterocycles. The number of nitrogens with zero attached hydrogens (tertiary/aromatic N) is 2. The average molecular weight is 283 g/mol. The monoisotopic (exact) mass is 283 g/mol. The van der Waals surface area contributed by atoms with Crippen molar-refractivity contribution in [1.82, 2.24) is 15.1 Å². The second kappa shape index (κ2) is 5.28. The molecule has 0 atom stereocenters. The van der Waals surface area contributed by atoms with Crippen molar-refractivity contribution in [3.63, 3.8) is 0 Å². The minimum atomic E-state index is -1.49. The topological polar surface area (TPSA) is 29.9 Å². The van der Waals surface area contributed by atoms with Gasteiger partial charge in [-0.05, 0) is 39.0 Å². The van der Waals surface area contributed by atoms with Gasteiger partial charge in [-0.3, -0.25) is 0 Å². The van der Waals surface area contributed by atoms with Crippen LogP contribution in [0.2, 0.25) is 0 Å². The summed E-state index contributed by atoms with van der Waals surface area (Å²) in [7, 11) is 0. The number of rotatable bonds is 3. The van der Waals surface area contributed by atoms with Gasteiger partial charge < -0.3 is 5.32 Å². The van der Waals surface area contributed by atoms with Gasteiger partial charge in [0.25, 0.3) is 0 Å². The van der Waals surface area contributed by atoms with Crippen LogP contribution in [-0.2, 0) is 6.54 Å². The highest BCUT2D eigenvalue weighted by Gasteiger charge is 2.16. The van der Waals surface area contributed by atoms with Gasteiger partial charge >= 0.3 is 0 Å². The van der Waals surface area contributed by atoms with E-state index in [2.05, 4.69) is 10.4 Å². The Balaban J connectivity index is 2.23. The van der Waals surface area contributed by atoms with E-state index in [1.807, 2.05) is 20.8 Å². The van der Waals surface area contributed by atoms with E-state index >= 15 is 0 Å². The minimum absolute atomic E-state index is 0.0724. The molecule has 0 radical (unpaired) electrons. The number of hydrogen-bond acceptors (Lipinski definition) is 2. The first-order valence-electron chi connectivity index (χ1n) is 6.21. The zero-order valence-corrected chi connectivity index (χ0v) is 11.5. The van der Waals surface area contributed by atoms with Crippen LogP contribution in [0.1, 0.15) is 26.5 Å². The fraction of sp³-hybridized carbons (Fsp3) is 0.357. The maximum Gasteiger partial charge on any atom is 0.196 e. The molecule has 1 aromatic carbocycles. The highest BCUT2D eigenvalue weighted by Crippen LogP contribution is 2.18. The van der Waals surface area contributed by atoms with Gasteiger partial charge in [0.15, 0.2) is 17.5 Å². The lowest BCUT2D eigenvalue weighted by atomic mass is 10.1. The number of hydrogen-bond donors (Lipinski definition) is 1. The summed E-state index contributed by atoms with van der Waals surface area (Å²) in [5, 5.41) is 7.37. The van der Waals surface area contributed by atoms with E-state index < -0.39 is 17.5 Å². The molecule has 0 aliphatic carbocycles. The summed E-state index contributed by atoms with van der Waals surface area (Å²) in [5.74, 6) is -3.95. The average Bonchev–Trinajstić information content (AvgIpc) is 2.81. The number of nitrogens with one attached hydrogen (secondary N) is 1. The van der Waals surface area contributed by atoms with Gasteiger partial charge in [-0.15, -0.1) is 0 Å². The molecular formula is C14H16F3N3. The van der Waals surface area contributed by atoms with Crippen molar-refractivity contribution in [2.45, 2.75) is 32.9 Å². The summed E-state index contributed by atoms with van der Waals surface area (Å²) < 4.78 is 40.9. The molecular weight excluding hydrogens is 267 g/mol. The van der Waals surface area contributed by atoms with Crippen LogP contribution in [0, 0.1) is 17.5 Å². The van der Waals surface area contributed by atoms with Gasteiger partial charge in [-0.25, -0.2) is 17.9 Å². The SMILES string of the molecule is CC(C)(C)NCc1ccn(-c2ccc(F)c(F)c2F)n1. The summed E-state index contributed by atoms with van der Waals surface area (Å²) in [6, 6.07) is 3.73. The molecule has 0 fully saturated rings. The van der Waals surface area contributed by atoms with E-state index in [1.54, 1.807) is 6.07 Å². The first-order chi connectivity index (χ1) is 9.28. The highest BCUT2D eigenvalue weighted by molar-refractivity contribution is 5.34. The third-order valence-electron chi connectivity index (χ3n) is 2.71. The van der Waals surface area contributed by atoms with Gasteiger partial charge in [0.05, 0.1) is 5.69 Å². The van der Waals surface area contributed by atoms with Crippen LogP contribution in [0.25, 0.3) is 5.69 Å². The van der Waals surface area contributed by atoms with Crippen molar-refractivity contribution in [1.29, 1.82) is 0 Å². The van der Waals surface area contributed by atoms with E-state index in [4.69, 9.17) is 0 Å². The van der Waals surface area contributed by atoms with Crippen LogP contribution in [-0.4, -0.2) is 15.3 Å². The van der Waals surface area contributed by atoms with Gasteiger partial charge in [-0.1, -0.05) is 0 Å². The van der Waals surface area contributed by atoms with E-state index in [1.165, 1.54) is 10.9 Å². The quantitative estimate of drug-likeness (QED) is 0.877. The molecule has 3 nitrogen and oxygen atoms in total. The van der Waals surface area contributed by atoms with Crippen LogP contribution in [0.4, 0.5) is 13.2 Å². The zero-order valence-electron chi connectivity index (χ0n) is 11.5. The predicted octanol–water partition coefficient (Wildman–Crippen LogP) is 3.18. The lowest BCUT2D eigenvalue weighted by Gasteiger charge is -2.19. The number of benzene rings is 1. The fourth-order valence-corrected chi connectivity index (χ4v) is 1.64. The third kappa shape index (κ3) is 3.19. The first-order valence-corrected chi connectivity index (χ1v) is 6.21. The normalized spacial score (nSPS) is 11.9. The molecule has 20 heavy (non-hydrogen) atoms. The van der Waals surface area contributed by atoms with Crippen molar-refractivity contribution >= 4 is 0 Å². The van der Waals surface area contributed by atoms with E-state index in [-0.39, 0.29) is 11.2 Å². The van der Waals surface area contributed by atoms with Crippen molar-refractivity contribution in [3.8, 4) is 5.69 Å². The maximum atomic E-state index is 13.6. The molecule has 0 amide bonds. The molecule has 108 valence electrons. The van der Waals surface area contributed by atoms with Crippen molar-refractivity contribution < 1.29 is 13.2 Å². The van der Waals surface area contributed by atoms with E-state index in [9.17, 15) is 13.2 Å². The van der Waals surface area contributed by atoms with Gasteiger partial charge in [0, 0.05) is 18.3 Å². The smallest absolute Gasteiger partial charge is 0.196 e. The first kappa shape index (κ1) is 14.6. The molecule has 0 aliphatic rings. The molecule has 1 N–H and O–H groups in total. The Morgan fingerprint density at radius 3 is 2.45 bits per heavy atom.